The molecule has 2 atom stereocenters. The number of aromatic nitrogens is 2. The first-order chi connectivity index (χ1) is 12.1. The van der Waals surface area contributed by atoms with Gasteiger partial charge in [-0.25, -0.2) is 9.66 Å². The summed E-state index contributed by atoms with van der Waals surface area (Å²) in [5.74, 6) is 0.328. The Morgan fingerprint density at radius 2 is 2.04 bits per heavy atom. The third-order valence-corrected chi connectivity index (χ3v) is 4.76. The number of nitro groups is 1. The van der Waals surface area contributed by atoms with Crippen molar-refractivity contribution in [2.24, 2.45) is 5.73 Å². The molecule has 2 aliphatic rings. The third-order valence-electron chi connectivity index (χ3n) is 4.76. The molecule has 2 unspecified atom stereocenters. The zero-order chi connectivity index (χ0) is 17.4. The second kappa shape index (κ2) is 5.98. The summed E-state index contributed by atoms with van der Waals surface area (Å²) in [6.45, 7) is 2.41. The van der Waals surface area contributed by atoms with Gasteiger partial charge < -0.3 is 15.5 Å². The van der Waals surface area contributed by atoms with Gasteiger partial charge in [0.1, 0.15) is 6.04 Å². The lowest BCUT2D eigenvalue weighted by atomic mass is 9.86. The summed E-state index contributed by atoms with van der Waals surface area (Å²) >= 11 is 0. The Kier molecular flexibility index (Phi) is 3.78. The summed E-state index contributed by atoms with van der Waals surface area (Å²) in [5.41, 5.74) is 6.12. The van der Waals surface area contributed by atoms with Crippen LogP contribution in [0, 0.1) is 10.1 Å². The molecular weight excluding hydrogens is 322 g/mol. The van der Waals surface area contributed by atoms with E-state index in [-0.39, 0.29) is 4.92 Å². The molecule has 0 saturated carbocycles. The number of nitrogens with two attached hydrogens (primary N) is 1. The molecule has 25 heavy (non-hydrogen) atoms. The number of hydrogen-bond acceptors (Lipinski definition) is 6. The number of ether oxygens (including phenoxy) is 1. The van der Waals surface area contributed by atoms with Crippen molar-refractivity contribution in [3.8, 4) is 0 Å². The van der Waals surface area contributed by atoms with Gasteiger partial charge in [-0.15, -0.1) is 0 Å². The van der Waals surface area contributed by atoms with Crippen molar-refractivity contribution in [2.45, 2.75) is 11.6 Å². The molecule has 130 valence electrons. The fourth-order valence-corrected chi connectivity index (χ4v) is 3.44. The van der Waals surface area contributed by atoms with Crippen molar-refractivity contribution in [1.82, 2.24) is 9.66 Å². The number of allylic oxidation sites excluding steroid dienone is 2. The van der Waals surface area contributed by atoms with Gasteiger partial charge in [0.15, 0.2) is 0 Å². The van der Waals surface area contributed by atoms with Crippen LogP contribution in [-0.2, 0) is 10.3 Å². The Morgan fingerprint density at radius 3 is 2.76 bits per heavy atom. The van der Waals surface area contributed by atoms with Gasteiger partial charge in [0.2, 0.25) is 5.82 Å². The van der Waals surface area contributed by atoms with Crippen LogP contribution in [0.25, 0.3) is 11.0 Å². The Hall–Kier alpha value is -2.71. The maximum atomic E-state index is 12.1. The molecule has 0 spiro atoms. The van der Waals surface area contributed by atoms with Crippen molar-refractivity contribution < 1.29 is 9.66 Å². The normalized spacial score (nSPS) is 26.3. The smallest absolute Gasteiger partial charge is 0.317 e. The monoisotopic (exact) mass is 341 g/mol. The number of para-hydroxylation sites is 2. The van der Waals surface area contributed by atoms with E-state index in [1.54, 1.807) is 18.2 Å². The predicted molar refractivity (Wildman–Crippen MR) is 93.4 cm³/mol. The second-order valence-electron chi connectivity index (χ2n) is 6.15. The van der Waals surface area contributed by atoms with Crippen molar-refractivity contribution in [3.63, 3.8) is 0 Å². The van der Waals surface area contributed by atoms with E-state index in [1.165, 1.54) is 6.08 Å². The van der Waals surface area contributed by atoms with Gasteiger partial charge in [0.25, 0.3) is 0 Å². The van der Waals surface area contributed by atoms with Gasteiger partial charge in [-0.1, -0.05) is 30.4 Å². The van der Waals surface area contributed by atoms with Crippen LogP contribution in [0.15, 0.2) is 48.6 Å². The first-order valence-corrected chi connectivity index (χ1v) is 8.21. The highest BCUT2D eigenvalue weighted by molar-refractivity contribution is 5.77. The largest absolute Gasteiger partial charge is 0.378 e. The highest BCUT2D eigenvalue weighted by Crippen LogP contribution is 2.34. The standard InChI is InChI=1S/C17H19N5O3/c18-15-7-3-4-8-17(15,22(23)24)16-19-13-5-1-2-6-14(13)21(16)20-9-11-25-12-10-20/h1-8,15H,9-12,18H2. The molecule has 2 N–H and O–H groups in total. The quantitative estimate of drug-likeness (QED) is 0.658. The minimum absolute atomic E-state index is 0.328. The Morgan fingerprint density at radius 1 is 1.28 bits per heavy atom. The minimum Gasteiger partial charge on any atom is -0.378 e. The van der Waals surface area contributed by atoms with Gasteiger partial charge >= 0.3 is 5.54 Å². The van der Waals surface area contributed by atoms with Crippen LogP contribution in [0.5, 0.6) is 0 Å². The molecule has 4 rings (SSSR count). The van der Waals surface area contributed by atoms with Crippen LogP contribution < -0.4 is 10.7 Å². The van der Waals surface area contributed by atoms with E-state index in [1.807, 2.05) is 34.0 Å². The fourth-order valence-electron chi connectivity index (χ4n) is 3.44. The van der Waals surface area contributed by atoms with Crippen LogP contribution in [0.4, 0.5) is 0 Å². The Bertz CT molecular complexity index is 868. The number of morpholine rings is 1. The van der Waals surface area contributed by atoms with Crippen LogP contribution >= 0.6 is 0 Å². The zero-order valence-corrected chi connectivity index (χ0v) is 13.6. The van der Waals surface area contributed by atoms with Gasteiger partial charge in [-0.05, 0) is 12.1 Å². The summed E-state index contributed by atoms with van der Waals surface area (Å²) in [7, 11) is 0. The number of hydrogen-bond donors (Lipinski definition) is 1. The average molecular weight is 341 g/mol. The topological polar surface area (TPSA) is 99.5 Å². The minimum atomic E-state index is -1.61. The molecule has 1 aromatic heterocycles. The van der Waals surface area contributed by atoms with Crippen molar-refractivity contribution in [1.29, 1.82) is 0 Å². The SMILES string of the molecule is NC1C=CC=CC1(c1nc2ccccc2n1N1CCOCC1)[N+](=O)[O-]. The van der Waals surface area contributed by atoms with Gasteiger partial charge in [0.05, 0.1) is 37.3 Å². The molecule has 1 fully saturated rings. The summed E-state index contributed by atoms with van der Waals surface area (Å²) in [4.78, 5) is 16.4. The molecule has 1 aromatic carbocycles. The maximum Gasteiger partial charge on any atom is 0.317 e. The summed E-state index contributed by atoms with van der Waals surface area (Å²) in [5, 5.41) is 14.2. The molecule has 2 aromatic rings. The second-order valence-corrected chi connectivity index (χ2v) is 6.15. The Labute approximate surface area is 144 Å². The summed E-state index contributed by atoms with van der Waals surface area (Å²) in [6, 6.07) is 6.75. The maximum absolute atomic E-state index is 12.1. The van der Waals surface area contributed by atoms with Crippen LogP contribution in [0.2, 0.25) is 0 Å². The highest BCUT2D eigenvalue weighted by Gasteiger charge is 2.53. The number of fused-ring (bicyclic) bond motifs is 1. The van der Waals surface area contributed by atoms with E-state index < -0.39 is 11.6 Å². The van der Waals surface area contributed by atoms with E-state index in [0.29, 0.717) is 37.6 Å². The van der Waals surface area contributed by atoms with Crippen molar-refractivity contribution in [3.05, 3.63) is 64.5 Å². The lowest BCUT2D eigenvalue weighted by Crippen LogP contribution is -2.54. The van der Waals surface area contributed by atoms with Crippen LogP contribution in [0.1, 0.15) is 5.82 Å². The van der Waals surface area contributed by atoms with E-state index in [4.69, 9.17) is 10.5 Å². The first kappa shape index (κ1) is 15.8. The van der Waals surface area contributed by atoms with E-state index in [2.05, 4.69) is 4.98 Å². The predicted octanol–water partition coefficient (Wildman–Crippen LogP) is 0.930. The molecular formula is C17H19N5O3. The number of rotatable bonds is 3. The molecule has 1 aliphatic carbocycles. The van der Waals surface area contributed by atoms with E-state index in [0.717, 1.165) is 5.52 Å². The van der Waals surface area contributed by atoms with E-state index in [9.17, 15) is 10.1 Å². The van der Waals surface area contributed by atoms with Crippen LogP contribution in [0.3, 0.4) is 0 Å². The van der Waals surface area contributed by atoms with Gasteiger partial charge in [0, 0.05) is 11.0 Å². The van der Waals surface area contributed by atoms with Crippen molar-refractivity contribution in [2.75, 3.05) is 31.3 Å². The lowest BCUT2D eigenvalue weighted by molar-refractivity contribution is -0.567. The number of nitrogens with zero attached hydrogens (tertiary/aromatic N) is 4. The molecule has 0 amide bonds. The fraction of sp³-hybridized carbons (Fsp3) is 0.353. The number of imidazole rings is 1. The zero-order valence-electron chi connectivity index (χ0n) is 13.6. The highest BCUT2D eigenvalue weighted by atomic mass is 16.6. The molecule has 8 heteroatoms. The molecule has 0 bridgehead atoms. The average Bonchev–Trinajstić information content (AvgIpc) is 3.02. The molecule has 0 radical (unpaired) electrons. The van der Waals surface area contributed by atoms with Gasteiger partial charge in [-0.2, -0.15) is 0 Å². The van der Waals surface area contributed by atoms with Crippen molar-refractivity contribution >= 4 is 11.0 Å². The third kappa shape index (κ3) is 2.33. The molecule has 1 saturated heterocycles. The molecule has 1 aliphatic heterocycles. The number of benzene rings is 1. The summed E-state index contributed by atoms with van der Waals surface area (Å²) in [6.07, 6.45) is 6.57. The Balaban J connectivity index is 1.98. The molecule has 8 nitrogen and oxygen atoms in total. The van der Waals surface area contributed by atoms with Crippen LogP contribution in [-0.4, -0.2) is 46.9 Å². The molecule has 2 heterocycles. The van der Waals surface area contributed by atoms with E-state index >= 15 is 0 Å². The lowest BCUT2D eigenvalue weighted by Gasteiger charge is -2.34. The first-order valence-electron chi connectivity index (χ1n) is 8.21. The summed E-state index contributed by atoms with van der Waals surface area (Å²) < 4.78 is 7.28. The van der Waals surface area contributed by atoms with Gasteiger partial charge in [-0.3, -0.25) is 10.1 Å².